The molecule has 8 heteroatoms. The average Bonchev–Trinajstić information content (AvgIpc) is 3.25. The Morgan fingerprint density at radius 3 is 2.80 bits per heavy atom. The minimum absolute atomic E-state index is 0.237. The van der Waals surface area contributed by atoms with E-state index in [1.165, 1.54) is 11.3 Å². The predicted octanol–water partition coefficient (Wildman–Crippen LogP) is 1.89. The van der Waals surface area contributed by atoms with Gasteiger partial charge in [0.1, 0.15) is 11.4 Å². The van der Waals surface area contributed by atoms with Gasteiger partial charge in [-0.15, -0.1) is 16.4 Å². The fourth-order valence-electron chi connectivity index (χ4n) is 2.32. The van der Waals surface area contributed by atoms with E-state index in [0.717, 1.165) is 10.7 Å². The highest BCUT2D eigenvalue weighted by molar-refractivity contribution is 7.09. The molecule has 0 unspecified atom stereocenters. The van der Waals surface area contributed by atoms with Gasteiger partial charge in [-0.3, -0.25) is 4.79 Å². The van der Waals surface area contributed by atoms with Gasteiger partial charge in [-0.25, -0.2) is 9.67 Å². The van der Waals surface area contributed by atoms with Crippen molar-refractivity contribution in [2.24, 2.45) is 5.73 Å². The van der Waals surface area contributed by atoms with Gasteiger partial charge >= 0.3 is 0 Å². The standard InChI is InChI=1S/C17H20N6OS/c1-17(2,20-16(24)13-11-25-15(19-13)8-9-18)14-10-23(22-21-14)12-6-4-3-5-7-12/h3-7,10-11H,8-9,18H2,1-2H3,(H,20,24). The fourth-order valence-corrected chi connectivity index (χ4v) is 3.12. The molecule has 130 valence electrons. The van der Waals surface area contributed by atoms with Crippen LogP contribution in [0.25, 0.3) is 5.69 Å². The van der Waals surface area contributed by atoms with Crippen LogP contribution in [0.2, 0.25) is 0 Å². The molecule has 0 saturated heterocycles. The Morgan fingerprint density at radius 1 is 1.32 bits per heavy atom. The molecule has 0 radical (unpaired) electrons. The molecule has 7 nitrogen and oxygen atoms in total. The molecule has 2 aromatic heterocycles. The smallest absolute Gasteiger partial charge is 0.271 e. The first-order valence-electron chi connectivity index (χ1n) is 7.95. The maximum Gasteiger partial charge on any atom is 0.271 e. The number of hydrogen-bond acceptors (Lipinski definition) is 6. The number of hydrogen-bond donors (Lipinski definition) is 2. The summed E-state index contributed by atoms with van der Waals surface area (Å²) in [6.07, 6.45) is 2.49. The molecule has 1 amide bonds. The quantitative estimate of drug-likeness (QED) is 0.703. The monoisotopic (exact) mass is 356 g/mol. The molecule has 3 N–H and O–H groups in total. The average molecular weight is 356 g/mol. The predicted molar refractivity (Wildman–Crippen MR) is 96.7 cm³/mol. The molecule has 2 heterocycles. The zero-order valence-corrected chi connectivity index (χ0v) is 15.0. The van der Waals surface area contributed by atoms with Crippen LogP contribution in [0.5, 0.6) is 0 Å². The molecular weight excluding hydrogens is 336 g/mol. The van der Waals surface area contributed by atoms with E-state index in [4.69, 9.17) is 5.73 Å². The van der Waals surface area contributed by atoms with Gasteiger partial charge in [0, 0.05) is 11.8 Å². The van der Waals surface area contributed by atoms with E-state index in [9.17, 15) is 4.79 Å². The third kappa shape index (κ3) is 3.92. The number of carbonyl (C=O) groups is 1. The van der Waals surface area contributed by atoms with E-state index in [1.54, 1.807) is 10.1 Å². The second-order valence-corrected chi connectivity index (χ2v) is 7.07. The molecule has 25 heavy (non-hydrogen) atoms. The summed E-state index contributed by atoms with van der Waals surface area (Å²) in [5.41, 5.74) is 6.82. The number of thiazole rings is 1. The summed E-state index contributed by atoms with van der Waals surface area (Å²) in [6, 6.07) is 9.70. The number of nitrogens with zero attached hydrogens (tertiary/aromatic N) is 4. The highest BCUT2D eigenvalue weighted by atomic mass is 32.1. The SMILES string of the molecule is CC(C)(NC(=O)c1csc(CCN)n1)c1cn(-c2ccccc2)nn1. The summed E-state index contributed by atoms with van der Waals surface area (Å²) in [7, 11) is 0. The lowest BCUT2D eigenvalue weighted by Crippen LogP contribution is -2.41. The molecule has 0 saturated carbocycles. The van der Waals surface area contributed by atoms with Crippen molar-refractivity contribution in [1.82, 2.24) is 25.3 Å². The van der Waals surface area contributed by atoms with Crippen molar-refractivity contribution in [3.8, 4) is 5.69 Å². The van der Waals surface area contributed by atoms with Gasteiger partial charge in [-0.05, 0) is 32.5 Å². The molecular formula is C17H20N6OS. The van der Waals surface area contributed by atoms with Crippen LogP contribution in [0.4, 0.5) is 0 Å². The number of nitrogens with two attached hydrogens (primary N) is 1. The fraction of sp³-hybridized carbons (Fsp3) is 0.294. The van der Waals surface area contributed by atoms with Crippen LogP contribution < -0.4 is 11.1 Å². The lowest BCUT2D eigenvalue weighted by Gasteiger charge is -2.23. The van der Waals surface area contributed by atoms with Crippen molar-refractivity contribution in [2.75, 3.05) is 6.54 Å². The van der Waals surface area contributed by atoms with E-state index < -0.39 is 5.54 Å². The van der Waals surface area contributed by atoms with Crippen molar-refractivity contribution in [2.45, 2.75) is 25.8 Å². The van der Waals surface area contributed by atoms with Crippen LogP contribution in [-0.2, 0) is 12.0 Å². The molecule has 0 aliphatic rings. The van der Waals surface area contributed by atoms with Gasteiger partial charge < -0.3 is 11.1 Å². The Labute approximate surface area is 149 Å². The van der Waals surface area contributed by atoms with E-state index in [-0.39, 0.29) is 5.91 Å². The zero-order chi connectivity index (χ0) is 17.9. The minimum atomic E-state index is -0.679. The normalized spacial score (nSPS) is 11.5. The van der Waals surface area contributed by atoms with E-state index in [0.29, 0.717) is 24.4 Å². The maximum absolute atomic E-state index is 12.5. The number of amides is 1. The third-order valence-electron chi connectivity index (χ3n) is 3.72. The van der Waals surface area contributed by atoms with Gasteiger partial charge in [0.2, 0.25) is 0 Å². The number of carbonyl (C=O) groups excluding carboxylic acids is 1. The Morgan fingerprint density at radius 2 is 2.08 bits per heavy atom. The Bertz CT molecular complexity index is 855. The first kappa shape index (κ1) is 17.2. The molecule has 0 spiro atoms. The van der Waals surface area contributed by atoms with E-state index in [1.807, 2.05) is 50.4 Å². The number of aromatic nitrogens is 4. The van der Waals surface area contributed by atoms with Crippen molar-refractivity contribution < 1.29 is 4.79 Å². The van der Waals surface area contributed by atoms with Crippen LogP contribution in [-0.4, -0.2) is 32.4 Å². The molecule has 0 atom stereocenters. The van der Waals surface area contributed by atoms with Crippen molar-refractivity contribution in [3.63, 3.8) is 0 Å². The van der Waals surface area contributed by atoms with Crippen molar-refractivity contribution in [3.05, 3.63) is 58.3 Å². The second-order valence-electron chi connectivity index (χ2n) is 6.13. The lowest BCUT2D eigenvalue weighted by molar-refractivity contribution is 0.0905. The third-order valence-corrected chi connectivity index (χ3v) is 4.63. The summed E-state index contributed by atoms with van der Waals surface area (Å²) in [6.45, 7) is 4.29. The first-order chi connectivity index (χ1) is 12.0. The number of nitrogens with one attached hydrogen (secondary N) is 1. The molecule has 0 fully saturated rings. The molecule has 0 aliphatic heterocycles. The first-order valence-corrected chi connectivity index (χ1v) is 8.83. The minimum Gasteiger partial charge on any atom is -0.340 e. The summed E-state index contributed by atoms with van der Waals surface area (Å²) in [5, 5.41) is 13.9. The second kappa shape index (κ2) is 7.12. The van der Waals surface area contributed by atoms with Gasteiger partial charge in [-0.1, -0.05) is 23.4 Å². The van der Waals surface area contributed by atoms with Gasteiger partial charge in [0.15, 0.2) is 0 Å². The Hall–Kier alpha value is -2.58. The topological polar surface area (TPSA) is 98.7 Å². The van der Waals surface area contributed by atoms with Gasteiger partial charge in [0.25, 0.3) is 5.91 Å². The summed E-state index contributed by atoms with van der Waals surface area (Å²) in [4.78, 5) is 16.8. The van der Waals surface area contributed by atoms with Crippen molar-refractivity contribution in [1.29, 1.82) is 0 Å². The highest BCUT2D eigenvalue weighted by Gasteiger charge is 2.28. The molecule has 3 aromatic rings. The van der Waals surface area contributed by atoms with Gasteiger partial charge in [-0.2, -0.15) is 0 Å². The van der Waals surface area contributed by atoms with Crippen LogP contribution in [0.1, 0.15) is 35.0 Å². The molecule has 1 aromatic carbocycles. The number of rotatable bonds is 6. The highest BCUT2D eigenvalue weighted by Crippen LogP contribution is 2.20. The van der Waals surface area contributed by atoms with Crippen LogP contribution in [0.15, 0.2) is 41.9 Å². The number of benzene rings is 1. The molecule has 3 rings (SSSR count). The van der Waals surface area contributed by atoms with Crippen molar-refractivity contribution >= 4 is 17.2 Å². The maximum atomic E-state index is 12.5. The van der Waals surface area contributed by atoms with E-state index in [2.05, 4.69) is 20.6 Å². The van der Waals surface area contributed by atoms with Crippen LogP contribution in [0.3, 0.4) is 0 Å². The molecule has 0 bridgehead atoms. The lowest BCUT2D eigenvalue weighted by atomic mass is 10.0. The van der Waals surface area contributed by atoms with Crippen LogP contribution >= 0.6 is 11.3 Å². The Kier molecular flexibility index (Phi) is 4.91. The summed E-state index contributed by atoms with van der Waals surface area (Å²) < 4.78 is 1.69. The Balaban J connectivity index is 1.75. The summed E-state index contributed by atoms with van der Waals surface area (Å²) in [5.74, 6) is -0.237. The van der Waals surface area contributed by atoms with E-state index >= 15 is 0 Å². The summed E-state index contributed by atoms with van der Waals surface area (Å²) >= 11 is 1.44. The number of para-hydroxylation sites is 1. The largest absolute Gasteiger partial charge is 0.340 e. The molecule has 0 aliphatic carbocycles. The zero-order valence-electron chi connectivity index (χ0n) is 14.1. The van der Waals surface area contributed by atoms with Gasteiger partial charge in [0.05, 0.1) is 22.4 Å². The van der Waals surface area contributed by atoms with Crippen LogP contribution in [0, 0.1) is 0 Å².